The Morgan fingerprint density at radius 3 is 1.94 bits per heavy atom. The molecule has 0 N–H and O–H groups in total. The fourth-order valence-corrected chi connectivity index (χ4v) is 9.14. The maximum absolute atomic E-state index is 6.43. The number of aromatic nitrogens is 1. The first-order valence-corrected chi connectivity index (χ1v) is 18.4. The number of hydrogen-bond donors (Lipinski definition) is 0. The minimum Gasteiger partial charge on any atom is -0.456 e. The zero-order valence-electron chi connectivity index (χ0n) is 28.8. The van der Waals surface area contributed by atoms with Crippen molar-refractivity contribution in [2.75, 3.05) is 0 Å². The molecule has 0 saturated heterocycles. The molecule has 0 bridgehead atoms. The van der Waals surface area contributed by atoms with E-state index in [9.17, 15) is 0 Å². The molecular weight excluding hydrogens is 643 g/mol. The molecule has 1 aliphatic rings. The van der Waals surface area contributed by atoms with Gasteiger partial charge in [-0.3, -0.25) is 0 Å². The first-order valence-electron chi connectivity index (χ1n) is 18.4. The fraction of sp³-hybridized carbons (Fsp3) is 0.0196. The van der Waals surface area contributed by atoms with Gasteiger partial charge >= 0.3 is 0 Å². The highest BCUT2D eigenvalue weighted by molar-refractivity contribution is 6.18. The van der Waals surface area contributed by atoms with E-state index in [1.165, 1.54) is 76.8 Å². The second-order valence-corrected chi connectivity index (χ2v) is 14.5. The van der Waals surface area contributed by atoms with E-state index < -0.39 is 0 Å². The van der Waals surface area contributed by atoms with Gasteiger partial charge in [-0.25, -0.2) is 0 Å². The molecule has 0 amide bonds. The van der Waals surface area contributed by atoms with Gasteiger partial charge in [-0.1, -0.05) is 133 Å². The van der Waals surface area contributed by atoms with E-state index in [-0.39, 0.29) is 5.92 Å². The van der Waals surface area contributed by atoms with Gasteiger partial charge in [0.15, 0.2) is 0 Å². The van der Waals surface area contributed by atoms with Crippen molar-refractivity contribution in [3.05, 3.63) is 199 Å². The molecule has 12 rings (SSSR count). The topological polar surface area (TPSA) is 18.1 Å². The quantitative estimate of drug-likeness (QED) is 0.183. The van der Waals surface area contributed by atoms with Gasteiger partial charge in [-0.05, 0) is 103 Å². The molecule has 246 valence electrons. The van der Waals surface area contributed by atoms with Crippen molar-refractivity contribution in [2.24, 2.45) is 0 Å². The minimum atomic E-state index is 0.203. The van der Waals surface area contributed by atoms with Gasteiger partial charge in [0.25, 0.3) is 0 Å². The van der Waals surface area contributed by atoms with Crippen LogP contribution in [-0.4, -0.2) is 4.57 Å². The van der Waals surface area contributed by atoms with E-state index in [1.54, 1.807) is 0 Å². The minimum absolute atomic E-state index is 0.203. The van der Waals surface area contributed by atoms with Crippen molar-refractivity contribution >= 4 is 65.3 Å². The van der Waals surface area contributed by atoms with Crippen molar-refractivity contribution < 1.29 is 4.42 Å². The maximum atomic E-state index is 6.43. The standard InChI is InChI=1S/C51H31NO/c1-3-11-33-25-37(18-17-31(33)9-1)51-41-15-6-5-13-39(41)43-27-35(20-23-42(43)51)36-21-24-47-44(28-36)45-29-46-40-14-7-8-16-49(40)53-50(46)30-48(45)52(47)38-22-19-32-10-2-4-12-34(32)26-38/h1-30,51H. The molecule has 1 unspecified atom stereocenters. The van der Waals surface area contributed by atoms with Crippen LogP contribution in [0.2, 0.25) is 0 Å². The smallest absolute Gasteiger partial charge is 0.137 e. The molecule has 11 aromatic rings. The Kier molecular flexibility index (Phi) is 5.86. The summed E-state index contributed by atoms with van der Waals surface area (Å²) in [5.74, 6) is 0.203. The molecule has 0 aliphatic heterocycles. The van der Waals surface area contributed by atoms with Gasteiger partial charge in [-0.15, -0.1) is 0 Å². The van der Waals surface area contributed by atoms with Crippen LogP contribution in [-0.2, 0) is 0 Å². The monoisotopic (exact) mass is 673 g/mol. The molecule has 0 radical (unpaired) electrons. The zero-order chi connectivity index (χ0) is 34.6. The molecule has 1 atom stereocenters. The normalized spacial score (nSPS) is 13.8. The van der Waals surface area contributed by atoms with Gasteiger partial charge in [0, 0.05) is 39.2 Å². The van der Waals surface area contributed by atoms with Crippen LogP contribution in [0.3, 0.4) is 0 Å². The number of rotatable bonds is 3. The lowest BCUT2D eigenvalue weighted by atomic mass is 9.87. The van der Waals surface area contributed by atoms with E-state index in [0.29, 0.717) is 0 Å². The summed E-state index contributed by atoms with van der Waals surface area (Å²) in [5, 5.41) is 9.75. The van der Waals surface area contributed by atoms with Gasteiger partial charge < -0.3 is 8.98 Å². The summed E-state index contributed by atoms with van der Waals surface area (Å²) in [5.41, 5.74) is 14.4. The third-order valence-electron chi connectivity index (χ3n) is 11.6. The lowest BCUT2D eigenvalue weighted by Crippen LogP contribution is -1.99. The number of nitrogens with zero attached hydrogens (tertiary/aromatic N) is 1. The number of hydrogen-bond acceptors (Lipinski definition) is 1. The number of benzene rings is 9. The Morgan fingerprint density at radius 1 is 0.377 bits per heavy atom. The molecule has 0 fully saturated rings. The Hall–Kier alpha value is -6.90. The zero-order valence-corrected chi connectivity index (χ0v) is 28.8. The third-order valence-corrected chi connectivity index (χ3v) is 11.6. The molecular formula is C51H31NO. The molecule has 2 aromatic heterocycles. The van der Waals surface area contributed by atoms with E-state index in [1.807, 2.05) is 6.07 Å². The number of furan rings is 1. The van der Waals surface area contributed by atoms with Gasteiger partial charge in [-0.2, -0.15) is 0 Å². The molecule has 1 aliphatic carbocycles. The Bertz CT molecular complexity index is 3300. The van der Waals surface area contributed by atoms with Crippen LogP contribution in [0.15, 0.2) is 186 Å². The van der Waals surface area contributed by atoms with E-state index in [4.69, 9.17) is 4.42 Å². The van der Waals surface area contributed by atoms with Crippen LogP contribution >= 0.6 is 0 Å². The predicted molar refractivity (Wildman–Crippen MR) is 221 cm³/mol. The molecule has 0 spiro atoms. The van der Waals surface area contributed by atoms with Crippen LogP contribution in [0.5, 0.6) is 0 Å². The molecule has 2 heteroatoms. The molecule has 0 saturated carbocycles. The Labute approximate surface area is 305 Å². The summed E-state index contributed by atoms with van der Waals surface area (Å²) in [7, 11) is 0. The van der Waals surface area contributed by atoms with Crippen LogP contribution in [0, 0.1) is 0 Å². The largest absolute Gasteiger partial charge is 0.456 e. The Morgan fingerprint density at radius 2 is 1.06 bits per heavy atom. The summed E-state index contributed by atoms with van der Waals surface area (Å²) in [6.07, 6.45) is 0. The van der Waals surface area contributed by atoms with Crippen molar-refractivity contribution in [2.45, 2.75) is 5.92 Å². The second kappa shape index (κ2) is 10.8. The van der Waals surface area contributed by atoms with E-state index >= 15 is 0 Å². The first-order chi connectivity index (χ1) is 26.2. The van der Waals surface area contributed by atoms with Gasteiger partial charge in [0.1, 0.15) is 11.2 Å². The van der Waals surface area contributed by atoms with Crippen LogP contribution in [0.4, 0.5) is 0 Å². The SMILES string of the molecule is c1ccc2c(c1)-c1cc(-c3ccc4c(c3)c3cc5c(cc3n4-c3ccc4ccccc4c3)oc3ccccc35)ccc1C2c1ccc2ccccc2c1. The van der Waals surface area contributed by atoms with Crippen molar-refractivity contribution in [1.29, 1.82) is 0 Å². The predicted octanol–water partition coefficient (Wildman–Crippen LogP) is 13.8. The lowest BCUT2D eigenvalue weighted by molar-refractivity contribution is 0.669. The molecule has 53 heavy (non-hydrogen) atoms. The third kappa shape index (κ3) is 4.21. The van der Waals surface area contributed by atoms with Gasteiger partial charge in [0.05, 0.1) is 11.0 Å². The van der Waals surface area contributed by atoms with Crippen LogP contribution in [0.25, 0.3) is 93.2 Å². The average molecular weight is 674 g/mol. The summed E-state index contributed by atoms with van der Waals surface area (Å²) < 4.78 is 8.83. The molecule has 2 heterocycles. The van der Waals surface area contributed by atoms with Gasteiger partial charge in [0.2, 0.25) is 0 Å². The highest BCUT2D eigenvalue weighted by Crippen LogP contribution is 2.50. The van der Waals surface area contributed by atoms with E-state index in [0.717, 1.165) is 33.1 Å². The van der Waals surface area contributed by atoms with Crippen LogP contribution in [0.1, 0.15) is 22.6 Å². The summed E-state index contributed by atoms with van der Waals surface area (Å²) in [6.45, 7) is 0. The average Bonchev–Trinajstić information content (AvgIpc) is 3.86. The van der Waals surface area contributed by atoms with Crippen molar-refractivity contribution in [3.63, 3.8) is 0 Å². The Balaban J connectivity index is 1.06. The maximum Gasteiger partial charge on any atom is 0.137 e. The van der Waals surface area contributed by atoms with E-state index in [2.05, 4.69) is 180 Å². The van der Waals surface area contributed by atoms with Crippen molar-refractivity contribution in [1.82, 2.24) is 4.57 Å². The molecule has 9 aromatic carbocycles. The van der Waals surface area contributed by atoms with Crippen LogP contribution < -0.4 is 0 Å². The summed E-state index contributed by atoms with van der Waals surface area (Å²) >= 11 is 0. The fourth-order valence-electron chi connectivity index (χ4n) is 9.14. The second-order valence-electron chi connectivity index (χ2n) is 14.5. The summed E-state index contributed by atoms with van der Waals surface area (Å²) in [6, 6.07) is 66.9. The van der Waals surface area contributed by atoms with Crippen molar-refractivity contribution in [3.8, 4) is 27.9 Å². The lowest BCUT2D eigenvalue weighted by Gasteiger charge is -2.16. The highest BCUT2D eigenvalue weighted by atomic mass is 16.3. The first kappa shape index (κ1) is 28.8. The number of fused-ring (bicyclic) bond motifs is 11. The highest BCUT2D eigenvalue weighted by Gasteiger charge is 2.30. The number of para-hydroxylation sites is 1. The summed E-state index contributed by atoms with van der Waals surface area (Å²) in [4.78, 5) is 0. The molecule has 2 nitrogen and oxygen atoms in total.